The lowest BCUT2D eigenvalue weighted by Crippen LogP contribution is -2.52. The average Bonchev–Trinajstić information content (AvgIpc) is 2.78. The van der Waals surface area contributed by atoms with E-state index >= 15 is 0 Å². The Kier molecular flexibility index (Phi) is 9.59. The Morgan fingerprint density at radius 3 is 2.17 bits per heavy atom. The molecule has 0 aromatic heterocycles. The van der Waals surface area contributed by atoms with Crippen molar-refractivity contribution in [3.05, 3.63) is 59.2 Å². The molecule has 8 nitrogen and oxygen atoms in total. The number of thiol groups is 1. The normalized spacial score (nSPS) is 12.8. The predicted molar refractivity (Wildman–Crippen MR) is 140 cm³/mol. The summed E-state index contributed by atoms with van der Waals surface area (Å²) in [5, 5.41) is 5.43. The Bertz CT molecular complexity index is 1050. The molecule has 0 heterocycles. The van der Waals surface area contributed by atoms with E-state index in [1.807, 2.05) is 32.0 Å². The molecule has 2 unspecified atom stereocenters. The molecule has 3 amide bonds. The minimum Gasteiger partial charge on any atom is -0.497 e. The van der Waals surface area contributed by atoms with E-state index < -0.39 is 35.6 Å². The molecule has 0 radical (unpaired) electrons. The molecule has 2 aromatic carbocycles. The number of amides is 3. The van der Waals surface area contributed by atoms with Gasteiger partial charge < -0.3 is 25.0 Å². The maximum Gasteiger partial charge on any atom is 0.408 e. The lowest BCUT2D eigenvalue weighted by Gasteiger charge is -2.31. The number of alkyl carbamates (subject to hydrolysis) is 1. The highest BCUT2D eigenvalue weighted by molar-refractivity contribution is 7.80. The molecule has 0 saturated carbocycles. The fourth-order valence-corrected chi connectivity index (χ4v) is 3.63. The van der Waals surface area contributed by atoms with Crippen LogP contribution >= 0.6 is 12.6 Å². The lowest BCUT2D eigenvalue weighted by molar-refractivity contribution is -0.138. The Morgan fingerprint density at radius 1 is 1.03 bits per heavy atom. The van der Waals surface area contributed by atoms with Crippen molar-refractivity contribution in [2.75, 3.05) is 25.2 Å². The number of nitrogens with zero attached hydrogens (tertiary/aromatic N) is 1. The van der Waals surface area contributed by atoms with E-state index in [9.17, 15) is 14.4 Å². The van der Waals surface area contributed by atoms with Gasteiger partial charge in [0.25, 0.3) is 5.91 Å². The Labute approximate surface area is 212 Å². The first-order valence-corrected chi connectivity index (χ1v) is 11.9. The summed E-state index contributed by atoms with van der Waals surface area (Å²) in [5.41, 5.74) is 2.54. The van der Waals surface area contributed by atoms with Gasteiger partial charge in [-0.3, -0.25) is 9.59 Å². The molecular weight excluding hydrogens is 466 g/mol. The Balaban J connectivity index is 2.34. The van der Waals surface area contributed by atoms with Crippen molar-refractivity contribution < 1.29 is 23.9 Å². The van der Waals surface area contributed by atoms with Crippen LogP contribution in [0.5, 0.6) is 5.75 Å². The number of hydrogen-bond acceptors (Lipinski definition) is 6. The zero-order valence-electron chi connectivity index (χ0n) is 21.3. The number of carbonyl (C=O) groups is 3. The van der Waals surface area contributed by atoms with E-state index in [1.54, 1.807) is 52.1 Å². The zero-order chi connectivity index (χ0) is 26.3. The van der Waals surface area contributed by atoms with Gasteiger partial charge in [0, 0.05) is 18.5 Å². The third-order valence-corrected chi connectivity index (χ3v) is 5.72. The summed E-state index contributed by atoms with van der Waals surface area (Å²) >= 11 is 4.24. The van der Waals surface area contributed by atoms with Crippen LogP contribution in [0.4, 0.5) is 10.5 Å². The van der Waals surface area contributed by atoms with Crippen molar-refractivity contribution in [3.8, 4) is 5.75 Å². The molecule has 0 bridgehead atoms. The number of hydrogen-bond donors (Lipinski definition) is 3. The molecule has 35 heavy (non-hydrogen) atoms. The first-order valence-electron chi connectivity index (χ1n) is 11.3. The number of likely N-dealkylation sites (N-methyl/N-ethyl adjacent to an activating group) is 1. The highest BCUT2D eigenvalue weighted by Crippen LogP contribution is 2.26. The van der Waals surface area contributed by atoms with Gasteiger partial charge in [0.15, 0.2) is 0 Å². The molecule has 2 N–H and O–H groups in total. The maximum atomic E-state index is 13.5. The smallest absolute Gasteiger partial charge is 0.408 e. The summed E-state index contributed by atoms with van der Waals surface area (Å²) in [6.07, 6.45) is -0.733. The summed E-state index contributed by atoms with van der Waals surface area (Å²) in [7, 11) is 3.09. The molecule has 0 aliphatic carbocycles. The maximum absolute atomic E-state index is 13.5. The molecule has 2 atom stereocenters. The van der Waals surface area contributed by atoms with Crippen LogP contribution in [-0.4, -0.2) is 54.4 Å². The fourth-order valence-electron chi connectivity index (χ4n) is 3.38. The molecule has 2 rings (SSSR count). The van der Waals surface area contributed by atoms with Gasteiger partial charge in [-0.05, 0) is 75.6 Å². The van der Waals surface area contributed by atoms with Crippen LogP contribution in [0.1, 0.15) is 43.5 Å². The second-order valence-electron chi connectivity index (χ2n) is 9.29. The second-order valence-corrected chi connectivity index (χ2v) is 9.66. The predicted octanol–water partition coefficient (Wildman–Crippen LogP) is 4.27. The summed E-state index contributed by atoms with van der Waals surface area (Å²) in [4.78, 5) is 40.5. The van der Waals surface area contributed by atoms with E-state index in [1.165, 1.54) is 11.9 Å². The first kappa shape index (κ1) is 28.0. The number of anilines is 1. The van der Waals surface area contributed by atoms with Crippen LogP contribution < -0.4 is 15.4 Å². The summed E-state index contributed by atoms with van der Waals surface area (Å²) in [6.45, 7) is 9.11. The van der Waals surface area contributed by atoms with E-state index in [4.69, 9.17) is 9.47 Å². The van der Waals surface area contributed by atoms with Gasteiger partial charge in [-0.2, -0.15) is 12.6 Å². The van der Waals surface area contributed by atoms with Crippen molar-refractivity contribution in [1.82, 2.24) is 10.2 Å². The van der Waals surface area contributed by atoms with Crippen molar-refractivity contribution in [2.45, 2.75) is 52.3 Å². The van der Waals surface area contributed by atoms with Crippen LogP contribution in [0, 0.1) is 13.8 Å². The number of methoxy groups -OCH3 is 1. The van der Waals surface area contributed by atoms with Crippen LogP contribution in [0.15, 0.2) is 42.5 Å². The molecule has 2 aromatic rings. The van der Waals surface area contributed by atoms with Gasteiger partial charge in [0.05, 0.1) is 7.11 Å². The van der Waals surface area contributed by atoms with Gasteiger partial charge in [-0.15, -0.1) is 0 Å². The number of carbonyl (C=O) groups excluding carboxylic acids is 3. The van der Waals surface area contributed by atoms with Crippen LogP contribution in [0.25, 0.3) is 0 Å². The number of ether oxygens (including phenoxy) is 2. The number of benzene rings is 2. The highest BCUT2D eigenvalue weighted by Gasteiger charge is 2.33. The van der Waals surface area contributed by atoms with Crippen molar-refractivity contribution >= 4 is 36.2 Å². The fraction of sp³-hybridized carbons (Fsp3) is 0.423. The second kappa shape index (κ2) is 12.0. The quantitative estimate of drug-likeness (QED) is 0.470. The van der Waals surface area contributed by atoms with E-state index in [0.717, 1.165) is 11.1 Å². The van der Waals surface area contributed by atoms with Crippen LogP contribution in [-0.2, 0) is 14.3 Å². The van der Waals surface area contributed by atoms with E-state index in [2.05, 4.69) is 23.3 Å². The van der Waals surface area contributed by atoms with Gasteiger partial charge in [-0.1, -0.05) is 18.2 Å². The van der Waals surface area contributed by atoms with E-state index in [-0.39, 0.29) is 5.75 Å². The van der Waals surface area contributed by atoms with Gasteiger partial charge in [-0.25, -0.2) is 4.79 Å². The molecule has 0 spiro atoms. The van der Waals surface area contributed by atoms with Crippen molar-refractivity contribution in [1.29, 1.82) is 0 Å². The van der Waals surface area contributed by atoms with Crippen LogP contribution in [0.2, 0.25) is 0 Å². The van der Waals surface area contributed by atoms with Gasteiger partial charge in [0.1, 0.15) is 23.4 Å². The van der Waals surface area contributed by atoms with E-state index in [0.29, 0.717) is 17.0 Å². The molecule has 0 aliphatic heterocycles. The standard InChI is InChI=1S/C26H35N3O5S/c1-16-8-9-18(14-17(16)2)22(23(30)27-19-10-12-20(33-7)13-11-19)29(6)24(31)21(15-35)28-25(32)34-26(3,4)5/h8-14,21-22,35H,15H2,1-7H3,(H,27,30)(H,28,32). The minimum atomic E-state index is -0.985. The monoisotopic (exact) mass is 501 g/mol. The topological polar surface area (TPSA) is 97.0 Å². The van der Waals surface area contributed by atoms with Crippen molar-refractivity contribution in [2.24, 2.45) is 0 Å². The van der Waals surface area contributed by atoms with Gasteiger partial charge in [0.2, 0.25) is 5.91 Å². The zero-order valence-corrected chi connectivity index (χ0v) is 22.2. The number of rotatable bonds is 8. The summed E-state index contributed by atoms with van der Waals surface area (Å²) in [5.74, 6) is -0.184. The minimum absolute atomic E-state index is 0.0299. The van der Waals surface area contributed by atoms with Crippen LogP contribution in [0.3, 0.4) is 0 Å². The molecule has 190 valence electrons. The third kappa shape index (κ3) is 7.92. The number of nitrogens with one attached hydrogen (secondary N) is 2. The molecule has 0 saturated heterocycles. The molecule has 0 aliphatic rings. The Morgan fingerprint density at radius 2 is 1.66 bits per heavy atom. The summed E-state index contributed by atoms with van der Waals surface area (Å²) in [6, 6.07) is 10.6. The lowest BCUT2D eigenvalue weighted by atomic mass is 9.99. The molecular formula is C26H35N3O5S. The van der Waals surface area contributed by atoms with Crippen molar-refractivity contribution in [3.63, 3.8) is 0 Å². The Hall–Kier alpha value is -3.20. The largest absolute Gasteiger partial charge is 0.497 e. The highest BCUT2D eigenvalue weighted by atomic mass is 32.1. The average molecular weight is 502 g/mol. The molecule has 0 fully saturated rings. The third-order valence-electron chi connectivity index (χ3n) is 5.36. The molecule has 9 heteroatoms. The first-order chi connectivity index (χ1) is 16.4. The number of aryl methyl sites for hydroxylation is 2. The van der Waals surface area contributed by atoms with Gasteiger partial charge >= 0.3 is 6.09 Å². The SMILES string of the molecule is COc1ccc(NC(=O)C(c2ccc(C)c(C)c2)N(C)C(=O)C(CS)NC(=O)OC(C)(C)C)cc1. The summed E-state index contributed by atoms with van der Waals surface area (Å²) < 4.78 is 10.4.